The summed E-state index contributed by atoms with van der Waals surface area (Å²) in [4.78, 5) is 0. The Morgan fingerprint density at radius 2 is 2.10 bits per heavy atom. The first-order valence-electron chi connectivity index (χ1n) is 7.60. The predicted molar refractivity (Wildman–Crippen MR) is 86.0 cm³/mol. The highest BCUT2D eigenvalue weighted by Gasteiger charge is 2.12. The van der Waals surface area contributed by atoms with Crippen LogP contribution in [0.1, 0.15) is 16.7 Å². The van der Waals surface area contributed by atoms with E-state index in [9.17, 15) is 0 Å². The van der Waals surface area contributed by atoms with Crippen molar-refractivity contribution in [2.75, 3.05) is 6.61 Å². The van der Waals surface area contributed by atoms with Crippen LogP contribution in [0.25, 0.3) is 10.9 Å². The van der Waals surface area contributed by atoms with Gasteiger partial charge in [0, 0.05) is 30.1 Å². The van der Waals surface area contributed by atoms with Crippen LogP contribution in [-0.4, -0.2) is 11.2 Å². The number of ether oxygens (including phenoxy) is 1. The number of rotatable bonds is 3. The van der Waals surface area contributed by atoms with E-state index < -0.39 is 0 Å². The summed E-state index contributed by atoms with van der Waals surface area (Å²) >= 11 is 0. The third-order valence-corrected chi connectivity index (χ3v) is 4.43. The van der Waals surface area contributed by atoms with E-state index in [2.05, 4.69) is 60.2 Å². The fourth-order valence-corrected chi connectivity index (χ4v) is 3.22. The maximum Gasteiger partial charge on any atom is 0.122 e. The van der Waals surface area contributed by atoms with Crippen LogP contribution in [0.3, 0.4) is 0 Å². The summed E-state index contributed by atoms with van der Waals surface area (Å²) in [6.45, 7) is 4.03. The van der Waals surface area contributed by atoms with Gasteiger partial charge in [-0.1, -0.05) is 24.3 Å². The van der Waals surface area contributed by atoms with Crippen molar-refractivity contribution in [3.8, 4) is 5.75 Å². The normalized spacial score (nSPS) is 13.4. The Balaban J connectivity index is 1.57. The van der Waals surface area contributed by atoms with Crippen molar-refractivity contribution in [1.82, 2.24) is 4.57 Å². The zero-order chi connectivity index (χ0) is 14.2. The number of hydrogen-bond acceptors (Lipinski definition) is 1. The first-order chi connectivity index (χ1) is 10.3. The van der Waals surface area contributed by atoms with Crippen molar-refractivity contribution in [1.29, 1.82) is 0 Å². The van der Waals surface area contributed by atoms with E-state index in [0.717, 1.165) is 31.7 Å². The number of aromatic nitrogens is 1. The molecule has 0 fully saturated rings. The van der Waals surface area contributed by atoms with E-state index >= 15 is 0 Å². The van der Waals surface area contributed by atoms with Crippen molar-refractivity contribution in [2.45, 2.75) is 26.3 Å². The number of benzene rings is 2. The summed E-state index contributed by atoms with van der Waals surface area (Å²) in [5.74, 6) is 1.07. The van der Waals surface area contributed by atoms with E-state index in [0.29, 0.717) is 0 Å². The van der Waals surface area contributed by atoms with Gasteiger partial charge in [-0.2, -0.15) is 0 Å². The van der Waals surface area contributed by atoms with E-state index in [-0.39, 0.29) is 0 Å². The third-order valence-electron chi connectivity index (χ3n) is 4.43. The zero-order valence-electron chi connectivity index (χ0n) is 12.3. The maximum atomic E-state index is 5.57. The summed E-state index contributed by atoms with van der Waals surface area (Å²) in [6, 6.07) is 15.4. The van der Waals surface area contributed by atoms with Crippen molar-refractivity contribution in [3.05, 3.63) is 65.4 Å². The van der Waals surface area contributed by atoms with E-state index in [1.807, 2.05) is 0 Å². The highest BCUT2D eigenvalue weighted by Crippen LogP contribution is 2.26. The Hall–Kier alpha value is -2.22. The molecular weight excluding hydrogens is 258 g/mol. The fourth-order valence-electron chi connectivity index (χ4n) is 3.22. The summed E-state index contributed by atoms with van der Waals surface area (Å²) in [5.41, 5.74) is 5.44. The Morgan fingerprint density at radius 1 is 1.14 bits per heavy atom. The minimum Gasteiger partial charge on any atom is -0.493 e. The minimum absolute atomic E-state index is 0.834. The van der Waals surface area contributed by atoms with Gasteiger partial charge in [0.2, 0.25) is 0 Å². The van der Waals surface area contributed by atoms with Gasteiger partial charge in [0.1, 0.15) is 5.75 Å². The molecule has 2 nitrogen and oxygen atoms in total. The summed E-state index contributed by atoms with van der Waals surface area (Å²) < 4.78 is 7.92. The average Bonchev–Trinajstić information content (AvgIpc) is 3.12. The summed E-state index contributed by atoms with van der Waals surface area (Å²) in [6.07, 6.45) is 4.31. The first kappa shape index (κ1) is 12.5. The quantitative estimate of drug-likeness (QED) is 0.702. The lowest BCUT2D eigenvalue weighted by Crippen LogP contribution is -2.00. The van der Waals surface area contributed by atoms with Crippen molar-refractivity contribution in [2.24, 2.45) is 0 Å². The number of fused-ring (bicyclic) bond motifs is 2. The van der Waals surface area contributed by atoms with Crippen LogP contribution in [0.2, 0.25) is 0 Å². The summed E-state index contributed by atoms with van der Waals surface area (Å²) in [7, 11) is 0. The van der Waals surface area contributed by atoms with Crippen LogP contribution in [-0.2, 0) is 19.4 Å². The summed E-state index contributed by atoms with van der Waals surface area (Å²) in [5, 5.41) is 1.36. The third kappa shape index (κ3) is 2.21. The van der Waals surface area contributed by atoms with Gasteiger partial charge in [-0.15, -0.1) is 0 Å². The second-order valence-corrected chi connectivity index (χ2v) is 5.81. The fraction of sp³-hybridized carbons (Fsp3) is 0.263. The molecule has 1 aliphatic heterocycles. The standard InChI is InChI=1S/C19H19NO/c1-14-3-2-4-18-17(14)8-11-20(18)10-7-15-5-6-19-16(13-15)9-12-21-19/h2-6,8,11,13H,7,9-10,12H2,1H3. The van der Waals surface area contributed by atoms with Gasteiger partial charge in [-0.3, -0.25) is 0 Å². The molecule has 3 aromatic rings. The SMILES string of the molecule is Cc1cccc2c1ccn2CCc1ccc2c(c1)CCO2. The van der Waals surface area contributed by atoms with Crippen molar-refractivity contribution >= 4 is 10.9 Å². The molecule has 2 heterocycles. The van der Waals surface area contributed by atoms with Crippen LogP contribution in [0.4, 0.5) is 0 Å². The molecule has 2 heteroatoms. The van der Waals surface area contributed by atoms with Crippen LogP contribution in [0.15, 0.2) is 48.7 Å². The molecule has 0 unspecified atom stereocenters. The van der Waals surface area contributed by atoms with Crippen LogP contribution < -0.4 is 4.74 Å². The van der Waals surface area contributed by atoms with E-state index in [1.54, 1.807) is 0 Å². The second kappa shape index (κ2) is 4.96. The Morgan fingerprint density at radius 3 is 3.05 bits per heavy atom. The molecule has 4 rings (SSSR count). The molecule has 0 saturated carbocycles. The first-order valence-corrected chi connectivity index (χ1v) is 7.60. The van der Waals surface area contributed by atoms with Gasteiger partial charge in [0.15, 0.2) is 0 Å². The number of hydrogen-bond donors (Lipinski definition) is 0. The lowest BCUT2D eigenvalue weighted by Gasteiger charge is -2.07. The largest absolute Gasteiger partial charge is 0.493 e. The van der Waals surface area contributed by atoms with Gasteiger partial charge in [-0.05, 0) is 48.2 Å². The molecule has 0 aliphatic carbocycles. The molecule has 0 bridgehead atoms. The van der Waals surface area contributed by atoms with Gasteiger partial charge in [-0.25, -0.2) is 0 Å². The van der Waals surface area contributed by atoms with Gasteiger partial charge in [0.25, 0.3) is 0 Å². The number of nitrogens with zero attached hydrogens (tertiary/aromatic N) is 1. The second-order valence-electron chi connectivity index (χ2n) is 5.81. The molecule has 1 aliphatic rings. The van der Waals surface area contributed by atoms with E-state index in [4.69, 9.17) is 4.74 Å². The zero-order valence-corrected chi connectivity index (χ0v) is 12.3. The molecule has 2 aromatic carbocycles. The van der Waals surface area contributed by atoms with Crippen LogP contribution in [0.5, 0.6) is 5.75 Å². The Bertz CT molecular complexity index is 800. The van der Waals surface area contributed by atoms with E-state index in [1.165, 1.54) is 27.6 Å². The Labute approximate surface area is 125 Å². The molecule has 0 N–H and O–H groups in total. The molecule has 106 valence electrons. The van der Waals surface area contributed by atoms with Gasteiger partial charge < -0.3 is 9.30 Å². The molecular formula is C19H19NO. The maximum absolute atomic E-state index is 5.57. The average molecular weight is 277 g/mol. The minimum atomic E-state index is 0.834. The number of aryl methyl sites for hydroxylation is 3. The van der Waals surface area contributed by atoms with Crippen molar-refractivity contribution < 1.29 is 4.74 Å². The highest BCUT2D eigenvalue weighted by atomic mass is 16.5. The predicted octanol–water partition coefficient (Wildman–Crippen LogP) is 4.13. The molecule has 0 amide bonds. The molecule has 0 spiro atoms. The van der Waals surface area contributed by atoms with Crippen molar-refractivity contribution in [3.63, 3.8) is 0 Å². The van der Waals surface area contributed by atoms with Gasteiger partial charge >= 0.3 is 0 Å². The van der Waals surface area contributed by atoms with Crippen LogP contribution in [0, 0.1) is 6.92 Å². The molecule has 0 saturated heterocycles. The van der Waals surface area contributed by atoms with Crippen LogP contribution >= 0.6 is 0 Å². The lowest BCUT2D eigenvalue weighted by atomic mass is 10.1. The lowest BCUT2D eigenvalue weighted by molar-refractivity contribution is 0.357. The topological polar surface area (TPSA) is 14.2 Å². The highest BCUT2D eigenvalue weighted by molar-refractivity contribution is 5.83. The molecule has 21 heavy (non-hydrogen) atoms. The monoisotopic (exact) mass is 277 g/mol. The smallest absolute Gasteiger partial charge is 0.122 e. The molecule has 0 radical (unpaired) electrons. The molecule has 1 aromatic heterocycles. The van der Waals surface area contributed by atoms with Gasteiger partial charge in [0.05, 0.1) is 6.61 Å². The molecule has 0 atom stereocenters. The Kier molecular flexibility index (Phi) is 2.95.